The van der Waals surface area contributed by atoms with E-state index in [0.29, 0.717) is 5.16 Å². The van der Waals surface area contributed by atoms with Gasteiger partial charge in [0.05, 0.1) is 12.7 Å². The van der Waals surface area contributed by atoms with Crippen LogP contribution in [-0.2, 0) is 0 Å². The summed E-state index contributed by atoms with van der Waals surface area (Å²) in [5, 5.41) is 0.705. The fourth-order valence-electron chi connectivity index (χ4n) is 3.06. The molecule has 0 spiro atoms. The average molecular weight is 314 g/mol. The molecule has 6 heteroatoms. The minimum absolute atomic E-state index is 0.172. The summed E-state index contributed by atoms with van der Waals surface area (Å²) in [5.74, 6) is 0. The molecule has 110 valence electrons. The van der Waals surface area contributed by atoms with E-state index in [2.05, 4.69) is 76.2 Å². The number of hydrogen-bond acceptors (Lipinski definition) is 3. The molecule has 0 aromatic heterocycles. The highest BCUT2D eigenvalue weighted by atomic mass is 28.4. The number of aliphatic imine (C=N–C) groups is 2. The van der Waals surface area contributed by atoms with Gasteiger partial charge < -0.3 is 4.57 Å². The number of rotatable bonds is 4. The fourth-order valence-corrected chi connectivity index (χ4v) is 16.4. The molecule has 0 aliphatic carbocycles. The van der Waals surface area contributed by atoms with Crippen LogP contribution in [0.1, 0.15) is 0 Å². The molecule has 0 amide bonds. The lowest BCUT2D eigenvalue weighted by Gasteiger charge is -2.42. The highest BCUT2D eigenvalue weighted by Gasteiger charge is 2.43. The molecule has 1 heterocycles. The third-order valence-corrected chi connectivity index (χ3v) is 14.9. The Morgan fingerprint density at radius 2 is 1.16 bits per heavy atom. The Bertz CT molecular complexity index is 344. The van der Waals surface area contributed by atoms with E-state index in [-0.39, 0.29) is 6.17 Å². The average Bonchev–Trinajstić information content (AvgIpc) is 2.12. The van der Waals surface area contributed by atoms with Crippen molar-refractivity contribution in [2.24, 2.45) is 9.98 Å². The molecule has 0 N–H and O–H groups in total. The Labute approximate surface area is 122 Å². The largest absolute Gasteiger partial charge is 0.352 e. The highest BCUT2D eigenvalue weighted by Crippen LogP contribution is 2.37. The van der Waals surface area contributed by atoms with Gasteiger partial charge in [-0.15, -0.1) is 0 Å². The molecule has 3 nitrogen and oxygen atoms in total. The zero-order chi connectivity index (χ0) is 15.1. The Morgan fingerprint density at radius 1 is 0.789 bits per heavy atom. The number of hydrogen-bond donors (Lipinski definition) is 0. The standard InChI is InChI=1S/C13H31N3Si3/c1-17(2,3)13(18(4,5)6)12-14-10-16(11-15-12)19(7,8)9/h10-13H,1-9H3. The molecule has 1 aliphatic heterocycles. The SMILES string of the molecule is C[Si](C)(C)C(C1N=CN([Si](C)(C)C)C=N1)[Si](C)(C)C. The number of nitrogens with zero attached hydrogens (tertiary/aromatic N) is 3. The van der Waals surface area contributed by atoms with Crippen molar-refractivity contribution < 1.29 is 0 Å². The predicted octanol–water partition coefficient (Wildman–Crippen LogP) is 4.11. The van der Waals surface area contributed by atoms with Crippen molar-refractivity contribution in [2.45, 2.75) is 70.3 Å². The van der Waals surface area contributed by atoms with E-state index in [1.54, 1.807) is 0 Å². The summed E-state index contributed by atoms with van der Waals surface area (Å²) >= 11 is 0. The molecule has 19 heavy (non-hydrogen) atoms. The van der Waals surface area contributed by atoms with E-state index in [9.17, 15) is 0 Å². The van der Waals surface area contributed by atoms with Gasteiger partial charge in [0.15, 0.2) is 8.24 Å². The van der Waals surface area contributed by atoms with Gasteiger partial charge >= 0.3 is 0 Å². The van der Waals surface area contributed by atoms with Crippen molar-refractivity contribution in [3.63, 3.8) is 0 Å². The van der Waals surface area contributed by atoms with Crippen molar-refractivity contribution >= 4 is 37.1 Å². The smallest absolute Gasteiger partial charge is 0.155 e. The summed E-state index contributed by atoms with van der Waals surface area (Å²) in [7, 11) is -3.86. The first-order valence-electron chi connectivity index (χ1n) is 7.18. The van der Waals surface area contributed by atoms with Crippen molar-refractivity contribution in [3.8, 4) is 0 Å². The van der Waals surface area contributed by atoms with Crippen LogP contribution in [0.4, 0.5) is 0 Å². The minimum Gasteiger partial charge on any atom is -0.352 e. The molecule has 0 atom stereocenters. The Balaban J connectivity index is 2.97. The Morgan fingerprint density at radius 3 is 1.42 bits per heavy atom. The molecule has 0 radical (unpaired) electrons. The molecule has 0 aromatic rings. The van der Waals surface area contributed by atoms with Gasteiger partial charge in [0, 0.05) is 16.1 Å². The summed E-state index contributed by atoms with van der Waals surface area (Å²) in [6.07, 6.45) is 4.28. The molecule has 0 saturated heterocycles. The molecule has 0 saturated carbocycles. The van der Waals surface area contributed by atoms with E-state index in [0.717, 1.165) is 0 Å². The molecule has 0 fully saturated rings. The van der Waals surface area contributed by atoms with Crippen LogP contribution in [0, 0.1) is 0 Å². The summed E-state index contributed by atoms with van der Waals surface area (Å²) in [6.45, 7) is 21.7. The van der Waals surface area contributed by atoms with Gasteiger partial charge in [-0.2, -0.15) is 0 Å². The maximum absolute atomic E-state index is 4.82. The summed E-state index contributed by atoms with van der Waals surface area (Å²) in [6, 6.07) is 0. The molecule has 1 aliphatic rings. The third kappa shape index (κ3) is 4.39. The van der Waals surface area contributed by atoms with Crippen LogP contribution in [0.5, 0.6) is 0 Å². The van der Waals surface area contributed by atoms with E-state index < -0.39 is 24.4 Å². The van der Waals surface area contributed by atoms with Crippen molar-refractivity contribution in [1.82, 2.24) is 4.57 Å². The highest BCUT2D eigenvalue weighted by molar-refractivity contribution is 6.96. The summed E-state index contributed by atoms with van der Waals surface area (Å²) < 4.78 is 2.25. The normalized spacial score (nSPS) is 18.5. The quantitative estimate of drug-likeness (QED) is 0.718. The van der Waals surface area contributed by atoms with Gasteiger partial charge in [-0.3, -0.25) is 0 Å². The van der Waals surface area contributed by atoms with E-state index >= 15 is 0 Å². The Hall–Kier alpha value is -0.209. The fraction of sp³-hybridized carbons (Fsp3) is 0.846. The van der Waals surface area contributed by atoms with E-state index in [1.807, 2.05) is 0 Å². The first kappa shape index (κ1) is 16.8. The topological polar surface area (TPSA) is 28.0 Å². The van der Waals surface area contributed by atoms with Crippen molar-refractivity contribution in [3.05, 3.63) is 0 Å². The molecular weight excluding hydrogens is 282 g/mol. The van der Waals surface area contributed by atoms with Crippen LogP contribution < -0.4 is 0 Å². The third-order valence-electron chi connectivity index (χ3n) is 3.63. The second kappa shape index (κ2) is 5.29. The lowest BCUT2D eigenvalue weighted by Crippen LogP contribution is -2.51. The molecule has 0 unspecified atom stereocenters. The zero-order valence-electron chi connectivity index (χ0n) is 14.2. The second-order valence-corrected chi connectivity index (χ2v) is 24.9. The Kier molecular flexibility index (Phi) is 4.69. The maximum atomic E-state index is 4.82. The maximum Gasteiger partial charge on any atom is 0.155 e. The first-order valence-corrected chi connectivity index (χ1v) is 17.8. The van der Waals surface area contributed by atoms with Gasteiger partial charge in [-0.25, -0.2) is 9.98 Å². The molecule has 0 aromatic carbocycles. The summed E-state index contributed by atoms with van der Waals surface area (Å²) in [5.41, 5.74) is 0. The van der Waals surface area contributed by atoms with Crippen molar-refractivity contribution in [2.75, 3.05) is 0 Å². The van der Waals surface area contributed by atoms with Gasteiger partial charge in [0.25, 0.3) is 0 Å². The summed E-state index contributed by atoms with van der Waals surface area (Å²) in [4.78, 5) is 9.64. The minimum atomic E-state index is -1.36. The van der Waals surface area contributed by atoms with Crippen LogP contribution in [-0.4, -0.2) is 47.8 Å². The van der Waals surface area contributed by atoms with Crippen LogP contribution >= 0.6 is 0 Å². The molecule has 0 bridgehead atoms. The van der Waals surface area contributed by atoms with Crippen LogP contribution in [0.3, 0.4) is 0 Å². The predicted molar refractivity (Wildman–Crippen MR) is 96.4 cm³/mol. The van der Waals surface area contributed by atoms with Crippen molar-refractivity contribution in [1.29, 1.82) is 0 Å². The van der Waals surface area contributed by atoms with Gasteiger partial charge in [-0.05, 0) is 5.16 Å². The molecular formula is C13H31N3Si3. The first-order chi connectivity index (χ1) is 8.33. The van der Waals surface area contributed by atoms with Crippen LogP contribution in [0.25, 0.3) is 0 Å². The van der Waals surface area contributed by atoms with E-state index in [4.69, 9.17) is 9.98 Å². The van der Waals surface area contributed by atoms with Gasteiger partial charge in [0.2, 0.25) is 0 Å². The van der Waals surface area contributed by atoms with Gasteiger partial charge in [0.1, 0.15) is 6.17 Å². The molecule has 1 rings (SSSR count). The van der Waals surface area contributed by atoms with Crippen LogP contribution in [0.15, 0.2) is 9.98 Å². The van der Waals surface area contributed by atoms with Gasteiger partial charge in [-0.1, -0.05) is 58.9 Å². The lowest BCUT2D eigenvalue weighted by atomic mass is 10.6. The monoisotopic (exact) mass is 313 g/mol. The van der Waals surface area contributed by atoms with E-state index in [1.165, 1.54) is 0 Å². The second-order valence-electron chi connectivity index (χ2n) is 8.73. The van der Waals surface area contributed by atoms with Crippen LogP contribution in [0.2, 0.25) is 64.1 Å². The zero-order valence-corrected chi connectivity index (χ0v) is 17.2. The lowest BCUT2D eigenvalue weighted by molar-refractivity contribution is 0.693.